The lowest BCUT2D eigenvalue weighted by Gasteiger charge is -2.17. The summed E-state index contributed by atoms with van der Waals surface area (Å²) in [5, 5.41) is 9.12. The molecular weight excluding hydrogens is 322 g/mol. The molecule has 1 heterocycles. The van der Waals surface area contributed by atoms with Crippen LogP contribution < -0.4 is 0 Å². The van der Waals surface area contributed by atoms with Gasteiger partial charge in [-0.2, -0.15) is 0 Å². The van der Waals surface area contributed by atoms with Crippen molar-refractivity contribution < 1.29 is 9.21 Å². The molecule has 0 aliphatic heterocycles. The van der Waals surface area contributed by atoms with E-state index in [1.165, 1.54) is 11.8 Å². The highest BCUT2D eigenvalue weighted by Gasteiger charge is 2.12. The molecule has 0 radical (unpaired) electrons. The van der Waals surface area contributed by atoms with Gasteiger partial charge in [-0.15, -0.1) is 10.2 Å². The number of hydrogen-bond acceptors (Lipinski definition) is 5. The fourth-order valence-corrected chi connectivity index (χ4v) is 2.75. The molecule has 1 amide bonds. The molecule has 1 aromatic carbocycles. The van der Waals surface area contributed by atoms with Crippen molar-refractivity contribution in [3.05, 3.63) is 29.3 Å². The van der Waals surface area contributed by atoms with Crippen LogP contribution in [0.4, 0.5) is 0 Å². The largest absolute Gasteiger partial charge is 0.411 e. The lowest BCUT2D eigenvalue weighted by Crippen LogP contribution is -2.30. The van der Waals surface area contributed by atoms with Gasteiger partial charge in [0.2, 0.25) is 11.8 Å². The average molecular weight is 340 g/mol. The van der Waals surface area contributed by atoms with E-state index in [4.69, 9.17) is 16.0 Å². The van der Waals surface area contributed by atoms with Gasteiger partial charge in [-0.05, 0) is 38.1 Å². The first-order valence-corrected chi connectivity index (χ1v) is 8.50. The molecule has 0 bridgehead atoms. The van der Waals surface area contributed by atoms with Crippen LogP contribution in [0.25, 0.3) is 11.5 Å². The first kappa shape index (κ1) is 16.8. The first-order valence-electron chi connectivity index (χ1n) is 7.14. The standard InChI is InChI=1S/C15H18ClN3O2S/c1-3-19(4-2)13(20)9-10-22-15-18-17-14(21-15)11-5-7-12(16)8-6-11/h5-8H,3-4,9-10H2,1-2H3. The third-order valence-electron chi connectivity index (χ3n) is 3.16. The number of amides is 1. The topological polar surface area (TPSA) is 59.2 Å². The summed E-state index contributed by atoms with van der Waals surface area (Å²) in [6, 6.07) is 7.20. The van der Waals surface area contributed by atoms with Crippen molar-refractivity contribution in [3.8, 4) is 11.5 Å². The second-order valence-corrected chi connectivity index (χ2v) is 6.03. The smallest absolute Gasteiger partial charge is 0.276 e. The molecule has 118 valence electrons. The predicted octanol–water partition coefficient (Wildman–Crippen LogP) is 3.74. The van der Waals surface area contributed by atoms with Crippen molar-refractivity contribution in [1.29, 1.82) is 0 Å². The molecular formula is C15H18ClN3O2S. The van der Waals surface area contributed by atoms with Crippen LogP contribution in [0.5, 0.6) is 0 Å². The summed E-state index contributed by atoms with van der Waals surface area (Å²) in [7, 11) is 0. The molecule has 22 heavy (non-hydrogen) atoms. The van der Waals surface area contributed by atoms with Crippen molar-refractivity contribution in [1.82, 2.24) is 15.1 Å². The number of carbonyl (C=O) groups is 1. The maximum absolute atomic E-state index is 11.9. The van der Waals surface area contributed by atoms with E-state index in [0.29, 0.717) is 28.3 Å². The number of rotatable bonds is 7. The summed E-state index contributed by atoms with van der Waals surface area (Å²) < 4.78 is 5.58. The zero-order chi connectivity index (χ0) is 15.9. The van der Waals surface area contributed by atoms with Gasteiger partial charge in [-0.25, -0.2) is 0 Å². The lowest BCUT2D eigenvalue weighted by molar-refractivity contribution is -0.130. The monoisotopic (exact) mass is 339 g/mol. The van der Waals surface area contributed by atoms with Gasteiger partial charge in [0.15, 0.2) is 0 Å². The van der Waals surface area contributed by atoms with E-state index in [0.717, 1.165) is 18.7 Å². The molecule has 2 rings (SSSR count). The van der Waals surface area contributed by atoms with Crippen LogP contribution in [0.3, 0.4) is 0 Å². The quantitative estimate of drug-likeness (QED) is 0.719. The summed E-state index contributed by atoms with van der Waals surface area (Å²) in [4.78, 5) is 13.7. The lowest BCUT2D eigenvalue weighted by atomic mass is 10.2. The van der Waals surface area contributed by atoms with Gasteiger partial charge in [0.25, 0.3) is 5.22 Å². The Hall–Kier alpha value is -1.53. The second-order valence-electron chi connectivity index (χ2n) is 4.54. The van der Waals surface area contributed by atoms with E-state index >= 15 is 0 Å². The molecule has 0 aliphatic rings. The van der Waals surface area contributed by atoms with Crippen LogP contribution in [0.15, 0.2) is 33.9 Å². The summed E-state index contributed by atoms with van der Waals surface area (Å²) in [6.07, 6.45) is 0.463. The van der Waals surface area contributed by atoms with Crippen LogP contribution in [-0.4, -0.2) is 39.8 Å². The summed E-state index contributed by atoms with van der Waals surface area (Å²) >= 11 is 7.24. The highest BCUT2D eigenvalue weighted by molar-refractivity contribution is 7.99. The minimum atomic E-state index is 0.148. The Morgan fingerprint density at radius 2 is 1.91 bits per heavy atom. The third kappa shape index (κ3) is 4.48. The molecule has 0 atom stereocenters. The van der Waals surface area contributed by atoms with Crippen molar-refractivity contribution in [2.24, 2.45) is 0 Å². The molecule has 0 aliphatic carbocycles. The van der Waals surface area contributed by atoms with E-state index in [1.54, 1.807) is 12.1 Å². The Morgan fingerprint density at radius 3 is 2.55 bits per heavy atom. The predicted molar refractivity (Wildman–Crippen MR) is 88.0 cm³/mol. The highest BCUT2D eigenvalue weighted by Crippen LogP contribution is 2.24. The van der Waals surface area contributed by atoms with Crippen molar-refractivity contribution >= 4 is 29.3 Å². The number of hydrogen-bond donors (Lipinski definition) is 0. The molecule has 7 heteroatoms. The molecule has 0 fully saturated rings. The Bertz CT molecular complexity index is 612. The van der Waals surface area contributed by atoms with Crippen LogP contribution in [0.2, 0.25) is 5.02 Å². The van der Waals surface area contributed by atoms with Gasteiger partial charge in [-0.1, -0.05) is 23.4 Å². The minimum absolute atomic E-state index is 0.148. The maximum atomic E-state index is 11.9. The molecule has 0 N–H and O–H groups in total. The summed E-state index contributed by atoms with van der Waals surface area (Å²) in [5.74, 6) is 1.22. The number of benzene rings is 1. The number of aromatic nitrogens is 2. The fraction of sp³-hybridized carbons (Fsp3) is 0.400. The van der Waals surface area contributed by atoms with Gasteiger partial charge >= 0.3 is 0 Å². The molecule has 0 spiro atoms. The SMILES string of the molecule is CCN(CC)C(=O)CCSc1nnc(-c2ccc(Cl)cc2)o1. The number of thioether (sulfide) groups is 1. The van der Waals surface area contributed by atoms with Crippen LogP contribution in [-0.2, 0) is 4.79 Å². The average Bonchev–Trinajstić information content (AvgIpc) is 2.98. The number of nitrogens with zero attached hydrogens (tertiary/aromatic N) is 3. The van der Waals surface area contributed by atoms with E-state index in [-0.39, 0.29) is 5.91 Å². The van der Waals surface area contributed by atoms with Gasteiger partial charge < -0.3 is 9.32 Å². The van der Waals surface area contributed by atoms with Gasteiger partial charge in [-0.3, -0.25) is 4.79 Å². The molecule has 0 unspecified atom stereocenters. The van der Waals surface area contributed by atoms with Crippen molar-refractivity contribution in [2.75, 3.05) is 18.8 Å². The molecule has 1 aromatic heterocycles. The van der Waals surface area contributed by atoms with E-state index in [1.807, 2.05) is 30.9 Å². The fourth-order valence-electron chi connectivity index (χ4n) is 1.94. The first-order chi connectivity index (χ1) is 10.6. The molecule has 0 saturated carbocycles. The summed E-state index contributed by atoms with van der Waals surface area (Å²) in [6.45, 7) is 5.43. The third-order valence-corrected chi connectivity index (χ3v) is 4.23. The highest BCUT2D eigenvalue weighted by atomic mass is 35.5. The second kappa shape index (κ2) is 8.19. The molecule has 5 nitrogen and oxygen atoms in total. The van der Waals surface area contributed by atoms with Crippen LogP contribution in [0.1, 0.15) is 20.3 Å². The van der Waals surface area contributed by atoms with Gasteiger partial charge in [0.05, 0.1) is 0 Å². The Morgan fingerprint density at radius 1 is 1.23 bits per heavy atom. The molecule has 0 saturated heterocycles. The van der Waals surface area contributed by atoms with Crippen LogP contribution >= 0.6 is 23.4 Å². The Labute approximate surface area is 139 Å². The molecule has 2 aromatic rings. The zero-order valence-electron chi connectivity index (χ0n) is 12.6. The number of halogens is 1. The van der Waals surface area contributed by atoms with Gasteiger partial charge in [0.1, 0.15) is 0 Å². The maximum Gasteiger partial charge on any atom is 0.276 e. The zero-order valence-corrected chi connectivity index (χ0v) is 14.2. The normalized spacial score (nSPS) is 10.7. The minimum Gasteiger partial charge on any atom is -0.411 e. The summed E-state index contributed by atoms with van der Waals surface area (Å²) in [5.41, 5.74) is 0.822. The van der Waals surface area contributed by atoms with Crippen molar-refractivity contribution in [2.45, 2.75) is 25.5 Å². The van der Waals surface area contributed by atoms with E-state index < -0.39 is 0 Å². The van der Waals surface area contributed by atoms with E-state index in [9.17, 15) is 4.79 Å². The van der Waals surface area contributed by atoms with E-state index in [2.05, 4.69) is 10.2 Å². The van der Waals surface area contributed by atoms with Crippen LogP contribution in [0, 0.1) is 0 Å². The van der Waals surface area contributed by atoms with Gasteiger partial charge in [0, 0.05) is 35.8 Å². The van der Waals surface area contributed by atoms with Crippen molar-refractivity contribution in [3.63, 3.8) is 0 Å². The Kier molecular flexibility index (Phi) is 6.27. The Balaban J connectivity index is 1.87. The number of carbonyl (C=O) groups excluding carboxylic acids is 1.